The highest BCUT2D eigenvalue weighted by Crippen LogP contribution is 2.51. The van der Waals surface area contributed by atoms with Gasteiger partial charge in [0, 0.05) is 12.0 Å². The second-order valence-electron chi connectivity index (χ2n) is 4.27. The minimum absolute atomic E-state index is 0.494. The third kappa shape index (κ3) is 1.50. The molecule has 1 N–H and O–H groups in total. The first-order valence-corrected chi connectivity index (χ1v) is 5.86. The molecule has 1 saturated carbocycles. The number of nitrogens with zero attached hydrogens (tertiary/aromatic N) is 2. The van der Waals surface area contributed by atoms with Crippen LogP contribution in [0.1, 0.15) is 29.8 Å². The number of rotatable bonds is 2. The van der Waals surface area contributed by atoms with Crippen LogP contribution in [0.5, 0.6) is 0 Å². The molecule has 0 bridgehead atoms. The van der Waals surface area contributed by atoms with Crippen LogP contribution >= 0.6 is 12.2 Å². The quantitative estimate of drug-likeness (QED) is 0.806. The molecule has 2 unspecified atom stereocenters. The SMILES string of the molecule is Cc1n[nH]c(=S)n1C1CC1c1ccccc1. The number of hydrogen-bond donors (Lipinski definition) is 1. The monoisotopic (exact) mass is 231 g/mol. The van der Waals surface area contributed by atoms with Crippen molar-refractivity contribution in [2.24, 2.45) is 0 Å². The second kappa shape index (κ2) is 3.56. The number of hydrogen-bond acceptors (Lipinski definition) is 2. The van der Waals surface area contributed by atoms with E-state index in [1.807, 2.05) is 6.92 Å². The van der Waals surface area contributed by atoms with E-state index in [1.165, 1.54) is 12.0 Å². The molecule has 4 heteroatoms. The number of nitrogens with one attached hydrogen (secondary N) is 1. The zero-order valence-corrected chi connectivity index (χ0v) is 9.87. The lowest BCUT2D eigenvalue weighted by Crippen LogP contribution is -1.98. The largest absolute Gasteiger partial charge is 0.301 e. The summed E-state index contributed by atoms with van der Waals surface area (Å²) in [6.45, 7) is 1.99. The lowest BCUT2D eigenvalue weighted by molar-refractivity contribution is 0.680. The Labute approximate surface area is 99.1 Å². The van der Waals surface area contributed by atoms with Gasteiger partial charge in [-0.05, 0) is 31.1 Å². The summed E-state index contributed by atoms with van der Waals surface area (Å²) in [5.41, 5.74) is 1.40. The molecule has 1 heterocycles. The molecule has 1 aromatic carbocycles. The molecule has 0 aliphatic heterocycles. The van der Waals surface area contributed by atoms with E-state index in [0.717, 1.165) is 10.6 Å². The van der Waals surface area contributed by atoms with E-state index in [2.05, 4.69) is 45.1 Å². The van der Waals surface area contributed by atoms with Crippen molar-refractivity contribution in [1.82, 2.24) is 14.8 Å². The maximum absolute atomic E-state index is 5.24. The number of aryl methyl sites for hydroxylation is 1. The Morgan fingerprint density at radius 1 is 1.38 bits per heavy atom. The van der Waals surface area contributed by atoms with E-state index in [0.29, 0.717) is 12.0 Å². The van der Waals surface area contributed by atoms with Crippen LogP contribution in [-0.4, -0.2) is 14.8 Å². The first kappa shape index (κ1) is 9.78. The first-order chi connectivity index (χ1) is 7.77. The number of H-pyrrole nitrogens is 1. The third-order valence-corrected chi connectivity index (χ3v) is 3.48. The summed E-state index contributed by atoms with van der Waals surface area (Å²) in [4.78, 5) is 0. The molecule has 3 rings (SSSR count). The zero-order valence-electron chi connectivity index (χ0n) is 9.05. The molecule has 82 valence electrons. The fourth-order valence-electron chi connectivity index (χ4n) is 2.30. The predicted octanol–water partition coefficient (Wildman–Crippen LogP) is 2.98. The van der Waals surface area contributed by atoms with Crippen LogP contribution in [-0.2, 0) is 0 Å². The summed E-state index contributed by atoms with van der Waals surface area (Å²) in [5, 5.41) is 7.00. The first-order valence-electron chi connectivity index (χ1n) is 5.46. The predicted molar refractivity (Wildman–Crippen MR) is 65.0 cm³/mol. The molecule has 1 fully saturated rings. The summed E-state index contributed by atoms with van der Waals surface area (Å²) in [7, 11) is 0. The fraction of sp³-hybridized carbons (Fsp3) is 0.333. The summed E-state index contributed by atoms with van der Waals surface area (Å²) in [6, 6.07) is 11.1. The van der Waals surface area contributed by atoms with Gasteiger partial charge in [-0.25, -0.2) is 0 Å². The Hall–Kier alpha value is -1.42. The van der Waals surface area contributed by atoms with Gasteiger partial charge in [0.1, 0.15) is 5.82 Å². The van der Waals surface area contributed by atoms with E-state index in [-0.39, 0.29) is 0 Å². The Balaban J connectivity index is 1.90. The molecule has 0 spiro atoms. The van der Waals surface area contributed by atoms with E-state index in [1.54, 1.807) is 0 Å². The number of aromatic amines is 1. The minimum Gasteiger partial charge on any atom is -0.301 e. The lowest BCUT2D eigenvalue weighted by atomic mass is 10.1. The molecule has 3 nitrogen and oxygen atoms in total. The highest BCUT2D eigenvalue weighted by atomic mass is 32.1. The Bertz CT molecular complexity index is 555. The molecule has 16 heavy (non-hydrogen) atoms. The van der Waals surface area contributed by atoms with Gasteiger partial charge >= 0.3 is 0 Å². The molecule has 2 atom stereocenters. The van der Waals surface area contributed by atoms with Crippen LogP contribution in [0, 0.1) is 11.7 Å². The maximum atomic E-state index is 5.24. The smallest absolute Gasteiger partial charge is 0.195 e. The molecular weight excluding hydrogens is 218 g/mol. The standard InChI is InChI=1S/C12H13N3S/c1-8-13-14-12(16)15(8)11-7-10(11)9-5-3-2-4-6-9/h2-6,10-11H,7H2,1H3,(H,14,16). The van der Waals surface area contributed by atoms with E-state index in [9.17, 15) is 0 Å². The lowest BCUT2D eigenvalue weighted by Gasteiger charge is -2.03. The third-order valence-electron chi connectivity index (χ3n) is 3.20. The summed E-state index contributed by atoms with van der Waals surface area (Å²) < 4.78 is 2.87. The van der Waals surface area contributed by atoms with Crippen molar-refractivity contribution in [1.29, 1.82) is 0 Å². The molecule has 0 saturated heterocycles. The van der Waals surface area contributed by atoms with Crippen LogP contribution < -0.4 is 0 Å². The average Bonchev–Trinajstić information content (AvgIpc) is 3.01. The van der Waals surface area contributed by atoms with Gasteiger partial charge in [-0.15, -0.1) is 0 Å². The van der Waals surface area contributed by atoms with Gasteiger partial charge in [0.2, 0.25) is 0 Å². The highest BCUT2D eigenvalue weighted by Gasteiger charge is 2.40. The van der Waals surface area contributed by atoms with Crippen molar-refractivity contribution in [3.05, 3.63) is 46.5 Å². The molecule has 1 aliphatic carbocycles. The summed E-state index contributed by atoms with van der Waals surface area (Å²) >= 11 is 5.24. The van der Waals surface area contributed by atoms with Gasteiger partial charge in [0.15, 0.2) is 4.77 Å². The summed E-state index contributed by atoms with van der Waals surface area (Å²) in [5.74, 6) is 1.58. The van der Waals surface area contributed by atoms with Gasteiger partial charge in [-0.3, -0.25) is 5.10 Å². The summed E-state index contributed by atoms with van der Waals surface area (Å²) in [6.07, 6.45) is 1.17. The van der Waals surface area contributed by atoms with Crippen molar-refractivity contribution < 1.29 is 0 Å². The van der Waals surface area contributed by atoms with E-state index >= 15 is 0 Å². The molecule has 0 radical (unpaired) electrons. The van der Waals surface area contributed by atoms with Crippen molar-refractivity contribution in [2.45, 2.75) is 25.3 Å². The van der Waals surface area contributed by atoms with Gasteiger partial charge in [0.25, 0.3) is 0 Å². The molecule has 0 amide bonds. The van der Waals surface area contributed by atoms with Crippen molar-refractivity contribution in [2.75, 3.05) is 0 Å². The molecular formula is C12H13N3S. The van der Waals surface area contributed by atoms with E-state index in [4.69, 9.17) is 12.2 Å². The van der Waals surface area contributed by atoms with Gasteiger partial charge in [-0.1, -0.05) is 30.3 Å². The van der Waals surface area contributed by atoms with Crippen molar-refractivity contribution in [3.8, 4) is 0 Å². The van der Waals surface area contributed by atoms with Gasteiger partial charge in [-0.2, -0.15) is 5.10 Å². The maximum Gasteiger partial charge on any atom is 0.195 e. The van der Waals surface area contributed by atoms with Crippen molar-refractivity contribution >= 4 is 12.2 Å². The normalized spacial score (nSPS) is 23.3. The van der Waals surface area contributed by atoms with Crippen LogP contribution in [0.2, 0.25) is 0 Å². The van der Waals surface area contributed by atoms with Crippen molar-refractivity contribution in [3.63, 3.8) is 0 Å². The van der Waals surface area contributed by atoms with Gasteiger partial charge in [0.05, 0.1) is 0 Å². The highest BCUT2D eigenvalue weighted by molar-refractivity contribution is 7.71. The topological polar surface area (TPSA) is 33.6 Å². The zero-order chi connectivity index (χ0) is 11.1. The Morgan fingerprint density at radius 3 is 2.75 bits per heavy atom. The fourth-order valence-corrected chi connectivity index (χ4v) is 2.61. The van der Waals surface area contributed by atoms with Crippen LogP contribution in [0.4, 0.5) is 0 Å². The van der Waals surface area contributed by atoms with Crippen LogP contribution in [0.15, 0.2) is 30.3 Å². The molecule has 1 aliphatic rings. The average molecular weight is 231 g/mol. The molecule has 2 aromatic rings. The Kier molecular flexibility index (Phi) is 2.17. The van der Waals surface area contributed by atoms with E-state index < -0.39 is 0 Å². The van der Waals surface area contributed by atoms with Gasteiger partial charge < -0.3 is 4.57 Å². The second-order valence-corrected chi connectivity index (χ2v) is 4.65. The number of benzene rings is 1. The minimum atomic E-state index is 0.494. The van der Waals surface area contributed by atoms with Crippen LogP contribution in [0.3, 0.4) is 0 Å². The Morgan fingerprint density at radius 2 is 2.12 bits per heavy atom. The van der Waals surface area contributed by atoms with Crippen LogP contribution in [0.25, 0.3) is 0 Å². The molecule has 1 aromatic heterocycles. The number of aromatic nitrogens is 3.